The summed E-state index contributed by atoms with van der Waals surface area (Å²) >= 11 is 0. The Bertz CT molecular complexity index is 907. The van der Waals surface area contributed by atoms with Crippen LogP contribution in [0.5, 0.6) is 0 Å². The second kappa shape index (κ2) is 7.53. The highest BCUT2D eigenvalue weighted by molar-refractivity contribution is 7.90. The van der Waals surface area contributed by atoms with Gasteiger partial charge in [-0.1, -0.05) is 0 Å². The van der Waals surface area contributed by atoms with Gasteiger partial charge in [0.2, 0.25) is 15.7 Å². The summed E-state index contributed by atoms with van der Waals surface area (Å²) in [6.45, 7) is 2.72. The summed E-state index contributed by atoms with van der Waals surface area (Å²) in [5, 5.41) is 6.44. The van der Waals surface area contributed by atoms with E-state index in [1.165, 1.54) is 24.7 Å². The Morgan fingerprint density at radius 1 is 1.24 bits per heavy atom. The fraction of sp³-hybridized carbons (Fsp3) is 0.462. The number of hydrogen-bond acceptors (Lipinski definition) is 9. The van der Waals surface area contributed by atoms with Gasteiger partial charge in [-0.25, -0.2) is 13.1 Å². The zero-order chi connectivity index (χ0) is 18.6. The highest BCUT2D eigenvalue weighted by atomic mass is 32.2. The number of aromatic nitrogens is 4. The lowest BCUT2D eigenvalue weighted by Gasteiger charge is -2.08. The minimum Gasteiger partial charge on any atom is -0.463 e. The van der Waals surface area contributed by atoms with Gasteiger partial charge >= 0.3 is 5.97 Å². The first-order chi connectivity index (χ1) is 11.7. The second-order valence-electron chi connectivity index (χ2n) is 5.07. The van der Waals surface area contributed by atoms with Crippen LogP contribution in [0.4, 0.5) is 5.82 Å². The van der Waals surface area contributed by atoms with E-state index in [4.69, 9.17) is 9.47 Å². The Labute approximate surface area is 143 Å². The Hall–Kier alpha value is -2.60. The van der Waals surface area contributed by atoms with Gasteiger partial charge < -0.3 is 14.8 Å². The quantitative estimate of drug-likeness (QED) is 0.395. The van der Waals surface area contributed by atoms with Crippen molar-refractivity contribution < 1.29 is 27.5 Å². The van der Waals surface area contributed by atoms with Gasteiger partial charge in [-0.2, -0.15) is 15.1 Å². The Morgan fingerprint density at radius 3 is 2.56 bits per heavy atom. The second-order valence-corrected chi connectivity index (χ2v) is 6.98. The summed E-state index contributed by atoms with van der Waals surface area (Å²) in [6.07, 6.45) is 2.35. The van der Waals surface area contributed by atoms with Crippen molar-refractivity contribution in [2.45, 2.75) is 25.7 Å². The van der Waals surface area contributed by atoms with Crippen LogP contribution in [0.1, 0.15) is 13.8 Å². The number of sulfone groups is 1. The topological polar surface area (TPSA) is 142 Å². The van der Waals surface area contributed by atoms with Gasteiger partial charge in [-0.15, -0.1) is 0 Å². The molecule has 136 valence electrons. The molecule has 0 bridgehead atoms. The van der Waals surface area contributed by atoms with Crippen molar-refractivity contribution in [3.63, 3.8) is 0 Å². The number of esters is 1. The predicted molar refractivity (Wildman–Crippen MR) is 85.3 cm³/mol. The van der Waals surface area contributed by atoms with Gasteiger partial charge in [0, 0.05) is 20.1 Å². The normalized spacial score (nSPS) is 11.5. The van der Waals surface area contributed by atoms with E-state index in [1.807, 2.05) is 0 Å². The van der Waals surface area contributed by atoms with Crippen molar-refractivity contribution in [3.8, 4) is 0 Å². The average molecular weight is 371 g/mol. The largest absolute Gasteiger partial charge is 0.463 e. The molecule has 2 rings (SSSR count). The van der Waals surface area contributed by atoms with Gasteiger partial charge in [0.15, 0.2) is 5.65 Å². The average Bonchev–Trinajstić information content (AvgIpc) is 2.88. The third kappa shape index (κ3) is 4.93. The molecule has 2 aromatic heterocycles. The maximum atomic E-state index is 11.8. The number of anilines is 1. The Morgan fingerprint density at radius 2 is 1.96 bits per heavy atom. The summed E-state index contributed by atoms with van der Waals surface area (Å²) in [7, 11) is -3.70. The predicted octanol–water partition coefficient (Wildman–Crippen LogP) is -0.275. The van der Waals surface area contributed by atoms with Crippen LogP contribution < -0.4 is 5.32 Å². The molecule has 0 unspecified atom stereocenters. The number of carbonyl (C=O) groups excluding carboxylic acids is 2. The summed E-state index contributed by atoms with van der Waals surface area (Å²) < 4.78 is 34.9. The molecule has 12 heteroatoms. The summed E-state index contributed by atoms with van der Waals surface area (Å²) in [4.78, 5) is 29.8. The number of ether oxygens (including phenoxy) is 2. The Balaban J connectivity index is 2.30. The molecule has 0 atom stereocenters. The van der Waals surface area contributed by atoms with E-state index in [2.05, 4.69) is 20.4 Å². The highest BCUT2D eigenvalue weighted by Gasteiger charge is 2.19. The molecule has 0 saturated heterocycles. The van der Waals surface area contributed by atoms with Crippen LogP contribution in [0.15, 0.2) is 11.4 Å². The minimum absolute atomic E-state index is 0.0455. The SMILES string of the molecule is CC(=O)Nc1nc(S(C)(=O)=O)nc2c1cnn2COCCOC(C)=O. The van der Waals surface area contributed by atoms with Gasteiger partial charge in [0.25, 0.3) is 5.16 Å². The lowest BCUT2D eigenvalue weighted by molar-refractivity contribution is -0.142. The van der Waals surface area contributed by atoms with Crippen molar-refractivity contribution in [1.29, 1.82) is 0 Å². The number of fused-ring (bicyclic) bond motifs is 1. The van der Waals surface area contributed by atoms with Crippen LogP contribution in [-0.4, -0.2) is 59.5 Å². The van der Waals surface area contributed by atoms with Gasteiger partial charge in [-0.3, -0.25) is 9.59 Å². The first kappa shape index (κ1) is 18.7. The zero-order valence-electron chi connectivity index (χ0n) is 13.8. The molecule has 0 aromatic carbocycles. The molecular weight excluding hydrogens is 354 g/mol. The maximum Gasteiger partial charge on any atom is 0.302 e. The van der Waals surface area contributed by atoms with Crippen molar-refractivity contribution in [3.05, 3.63) is 6.20 Å². The van der Waals surface area contributed by atoms with E-state index in [1.54, 1.807) is 0 Å². The van der Waals surface area contributed by atoms with Crippen molar-refractivity contribution >= 4 is 38.6 Å². The molecule has 1 N–H and O–H groups in total. The van der Waals surface area contributed by atoms with Crippen LogP contribution in [0.25, 0.3) is 11.0 Å². The van der Waals surface area contributed by atoms with Crippen LogP contribution in [0, 0.1) is 0 Å². The number of hydrogen-bond donors (Lipinski definition) is 1. The molecule has 25 heavy (non-hydrogen) atoms. The van der Waals surface area contributed by atoms with Gasteiger partial charge in [0.05, 0.1) is 18.2 Å². The highest BCUT2D eigenvalue weighted by Crippen LogP contribution is 2.21. The minimum atomic E-state index is -3.70. The van der Waals surface area contributed by atoms with E-state index >= 15 is 0 Å². The van der Waals surface area contributed by atoms with Crippen LogP contribution in [0.2, 0.25) is 0 Å². The first-order valence-electron chi connectivity index (χ1n) is 7.11. The third-order valence-electron chi connectivity index (χ3n) is 2.85. The van der Waals surface area contributed by atoms with Crippen molar-refractivity contribution in [2.75, 3.05) is 24.8 Å². The molecule has 0 radical (unpaired) electrons. The standard InChI is InChI=1S/C13H17N5O6S/c1-8(19)15-11-10-6-14-18(7-23-4-5-24-9(2)20)12(10)17-13(16-11)25(3,21)22/h6H,4-5,7H2,1-3H3,(H,15,16,17,19). The molecule has 2 heterocycles. The molecule has 1 amide bonds. The lowest BCUT2D eigenvalue weighted by atomic mass is 10.4. The molecule has 11 nitrogen and oxygen atoms in total. The number of nitrogens with one attached hydrogen (secondary N) is 1. The van der Waals surface area contributed by atoms with Crippen LogP contribution in [0.3, 0.4) is 0 Å². The smallest absolute Gasteiger partial charge is 0.302 e. The van der Waals surface area contributed by atoms with Crippen molar-refractivity contribution in [1.82, 2.24) is 19.7 Å². The number of amides is 1. The molecule has 0 fully saturated rings. The first-order valence-corrected chi connectivity index (χ1v) is 9.00. The van der Waals surface area contributed by atoms with E-state index in [0.29, 0.717) is 5.39 Å². The van der Waals surface area contributed by atoms with E-state index in [9.17, 15) is 18.0 Å². The van der Waals surface area contributed by atoms with Gasteiger partial charge in [0.1, 0.15) is 19.2 Å². The van der Waals surface area contributed by atoms with Crippen LogP contribution >= 0.6 is 0 Å². The Kier molecular flexibility index (Phi) is 5.64. The van der Waals surface area contributed by atoms with Gasteiger partial charge in [-0.05, 0) is 0 Å². The maximum absolute atomic E-state index is 11.8. The molecular formula is C13H17N5O6S. The molecule has 2 aromatic rings. The van der Waals surface area contributed by atoms with Crippen molar-refractivity contribution in [2.24, 2.45) is 0 Å². The fourth-order valence-corrected chi connectivity index (χ4v) is 2.36. The third-order valence-corrected chi connectivity index (χ3v) is 3.69. The molecule has 0 saturated carbocycles. The summed E-state index contributed by atoms with van der Waals surface area (Å²) in [5.41, 5.74) is 0.187. The van der Waals surface area contributed by atoms with E-state index in [0.717, 1.165) is 6.26 Å². The molecule has 0 spiro atoms. The molecule has 0 aliphatic carbocycles. The lowest BCUT2D eigenvalue weighted by Crippen LogP contribution is -2.14. The monoisotopic (exact) mass is 371 g/mol. The molecule has 0 aliphatic heterocycles. The zero-order valence-corrected chi connectivity index (χ0v) is 14.7. The number of nitrogens with zero attached hydrogens (tertiary/aromatic N) is 4. The van der Waals surface area contributed by atoms with E-state index in [-0.39, 0.29) is 31.4 Å². The summed E-state index contributed by atoms with van der Waals surface area (Å²) in [6, 6.07) is 0. The number of rotatable bonds is 7. The molecule has 0 aliphatic rings. The number of carbonyl (C=O) groups is 2. The fourth-order valence-electron chi connectivity index (χ4n) is 1.85. The van der Waals surface area contributed by atoms with Crippen LogP contribution in [-0.2, 0) is 35.6 Å². The van der Waals surface area contributed by atoms with E-state index < -0.39 is 26.9 Å². The summed E-state index contributed by atoms with van der Waals surface area (Å²) in [5.74, 6) is -0.785.